The lowest BCUT2D eigenvalue weighted by molar-refractivity contribution is 0.0859. The molecule has 23 heavy (non-hydrogen) atoms. The molecule has 3 heteroatoms. The number of fused-ring (bicyclic) bond motifs is 1. The van der Waals surface area contributed by atoms with Gasteiger partial charge in [0, 0.05) is 17.0 Å². The fourth-order valence-electron chi connectivity index (χ4n) is 3.62. The zero-order chi connectivity index (χ0) is 16.6. The molecule has 0 heterocycles. The highest BCUT2D eigenvalue weighted by Gasteiger charge is 2.33. The molecular formula is C20H24FNO. The third-order valence-corrected chi connectivity index (χ3v) is 5.17. The Morgan fingerprint density at radius 2 is 1.87 bits per heavy atom. The minimum atomic E-state index is -0.288. The molecule has 0 saturated heterocycles. The second-order valence-corrected chi connectivity index (χ2v) is 7.60. The molecule has 0 bridgehead atoms. The Bertz CT molecular complexity index is 737. The van der Waals surface area contributed by atoms with Gasteiger partial charge in [0.25, 0.3) is 5.91 Å². The summed E-state index contributed by atoms with van der Waals surface area (Å²) in [5, 5.41) is 4.36. The highest BCUT2D eigenvalue weighted by molar-refractivity contribution is 6.07. The van der Waals surface area contributed by atoms with Crippen LogP contribution in [0.1, 0.15) is 50.4 Å². The van der Waals surface area contributed by atoms with Gasteiger partial charge < -0.3 is 5.32 Å². The van der Waals surface area contributed by atoms with Crippen molar-refractivity contribution in [3.63, 3.8) is 0 Å². The topological polar surface area (TPSA) is 29.1 Å². The van der Waals surface area contributed by atoms with Gasteiger partial charge in [0.1, 0.15) is 5.82 Å². The molecule has 2 atom stereocenters. The molecule has 2 aromatic carbocycles. The maximum atomic E-state index is 13.9. The van der Waals surface area contributed by atoms with Gasteiger partial charge in [-0.15, -0.1) is 0 Å². The molecule has 0 unspecified atom stereocenters. The van der Waals surface area contributed by atoms with Crippen molar-refractivity contribution < 1.29 is 9.18 Å². The summed E-state index contributed by atoms with van der Waals surface area (Å²) in [6.07, 6.45) is 3.31. The van der Waals surface area contributed by atoms with Gasteiger partial charge in [0.15, 0.2) is 0 Å². The van der Waals surface area contributed by atoms with E-state index in [1.807, 2.05) is 12.1 Å². The van der Waals surface area contributed by atoms with Crippen molar-refractivity contribution in [1.29, 1.82) is 0 Å². The molecule has 2 nitrogen and oxygen atoms in total. The number of halogens is 1. The van der Waals surface area contributed by atoms with Crippen molar-refractivity contribution in [3.05, 3.63) is 47.8 Å². The van der Waals surface area contributed by atoms with Gasteiger partial charge in [-0.3, -0.25) is 4.79 Å². The molecule has 1 fully saturated rings. The van der Waals surface area contributed by atoms with Gasteiger partial charge >= 0.3 is 0 Å². The summed E-state index contributed by atoms with van der Waals surface area (Å²) in [5.74, 6) is 0.0822. The molecule has 122 valence electrons. The Kier molecular flexibility index (Phi) is 4.13. The zero-order valence-corrected chi connectivity index (χ0v) is 14.0. The second-order valence-electron chi connectivity index (χ2n) is 7.60. The second kappa shape index (κ2) is 5.95. The van der Waals surface area contributed by atoms with Crippen molar-refractivity contribution in [1.82, 2.24) is 5.32 Å². The minimum Gasteiger partial charge on any atom is -0.349 e. The molecule has 0 radical (unpaired) electrons. The Hall–Kier alpha value is -1.90. The van der Waals surface area contributed by atoms with Crippen LogP contribution < -0.4 is 5.32 Å². The van der Waals surface area contributed by atoms with Crippen LogP contribution >= 0.6 is 0 Å². The smallest absolute Gasteiger partial charge is 0.252 e. The van der Waals surface area contributed by atoms with E-state index in [1.54, 1.807) is 18.2 Å². The standard InChI is InChI=1S/C20H24FNO/c1-13-10-11-20(2,3)12-18(13)22-19(23)16-8-9-17(21)15-7-5-4-6-14(15)16/h4-9,13,18H,10-12H2,1-3H3,(H,22,23)/t13-,18-/m0/s1. The van der Waals surface area contributed by atoms with Crippen molar-refractivity contribution >= 4 is 16.7 Å². The highest BCUT2D eigenvalue weighted by atomic mass is 19.1. The average Bonchev–Trinajstić information content (AvgIpc) is 2.51. The Balaban J connectivity index is 1.88. The van der Waals surface area contributed by atoms with E-state index in [0.29, 0.717) is 22.3 Å². The van der Waals surface area contributed by atoms with Gasteiger partial charge in [0.2, 0.25) is 0 Å². The summed E-state index contributed by atoms with van der Waals surface area (Å²) < 4.78 is 13.9. The van der Waals surface area contributed by atoms with E-state index in [0.717, 1.165) is 12.8 Å². The summed E-state index contributed by atoms with van der Waals surface area (Å²) in [4.78, 5) is 12.8. The molecule has 1 N–H and O–H groups in total. The summed E-state index contributed by atoms with van der Waals surface area (Å²) >= 11 is 0. The maximum absolute atomic E-state index is 13.9. The van der Waals surface area contributed by atoms with Crippen molar-refractivity contribution in [2.75, 3.05) is 0 Å². The SMILES string of the molecule is C[C@H]1CCC(C)(C)C[C@@H]1NC(=O)c1ccc(F)c2ccccc12. The largest absolute Gasteiger partial charge is 0.349 e. The lowest BCUT2D eigenvalue weighted by Crippen LogP contribution is -2.45. The maximum Gasteiger partial charge on any atom is 0.252 e. The minimum absolute atomic E-state index is 0.101. The molecule has 2 aromatic rings. The number of carbonyl (C=O) groups is 1. The molecule has 0 aromatic heterocycles. The Labute approximate surface area is 137 Å². The van der Waals surface area contributed by atoms with Crippen LogP contribution in [0.3, 0.4) is 0 Å². The van der Waals surface area contributed by atoms with Crippen LogP contribution in [0.2, 0.25) is 0 Å². The third kappa shape index (κ3) is 3.24. The number of carbonyl (C=O) groups excluding carboxylic acids is 1. The van der Waals surface area contributed by atoms with Crippen molar-refractivity contribution in [3.8, 4) is 0 Å². The van der Waals surface area contributed by atoms with Crippen LogP contribution in [0.15, 0.2) is 36.4 Å². The number of rotatable bonds is 2. The molecule has 1 aliphatic rings. The van der Waals surface area contributed by atoms with Gasteiger partial charge in [-0.25, -0.2) is 4.39 Å². The van der Waals surface area contributed by atoms with Crippen molar-refractivity contribution in [2.45, 2.75) is 46.1 Å². The molecular weight excluding hydrogens is 289 g/mol. The Morgan fingerprint density at radius 3 is 2.61 bits per heavy atom. The quantitative estimate of drug-likeness (QED) is 0.837. The first kappa shape index (κ1) is 16.0. The molecule has 1 saturated carbocycles. The number of nitrogens with one attached hydrogen (secondary N) is 1. The van der Waals surface area contributed by atoms with Crippen LogP contribution in [0, 0.1) is 17.2 Å². The number of amides is 1. The molecule has 3 rings (SSSR count). The van der Waals surface area contributed by atoms with E-state index in [4.69, 9.17) is 0 Å². The normalized spacial score (nSPS) is 23.7. The summed E-state index contributed by atoms with van der Waals surface area (Å²) in [7, 11) is 0. The van der Waals surface area contributed by atoms with Gasteiger partial charge in [-0.2, -0.15) is 0 Å². The number of benzene rings is 2. The van der Waals surface area contributed by atoms with Crippen LogP contribution in [-0.4, -0.2) is 11.9 Å². The number of hydrogen-bond donors (Lipinski definition) is 1. The van der Waals surface area contributed by atoms with E-state index in [2.05, 4.69) is 26.1 Å². The van der Waals surface area contributed by atoms with Crippen LogP contribution in [0.5, 0.6) is 0 Å². The average molecular weight is 313 g/mol. The Morgan fingerprint density at radius 1 is 1.17 bits per heavy atom. The predicted octanol–water partition coefficient (Wildman–Crippen LogP) is 4.92. The lowest BCUT2D eigenvalue weighted by Gasteiger charge is -2.39. The van der Waals surface area contributed by atoms with E-state index in [1.165, 1.54) is 12.5 Å². The van der Waals surface area contributed by atoms with Crippen molar-refractivity contribution in [2.24, 2.45) is 11.3 Å². The molecule has 1 aliphatic carbocycles. The van der Waals surface area contributed by atoms with Crippen LogP contribution in [0.25, 0.3) is 10.8 Å². The lowest BCUT2D eigenvalue weighted by atomic mass is 9.71. The highest BCUT2D eigenvalue weighted by Crippen LogP contribution is 2.38. The fraction of sp³-hybridized carbons (Fsp3) is 0.450. The molecule has 0 aliphatic heterocycles. The summed E-state index contributed by atoms with van der Waals surface area (Å²) in [6.45, 7) is 6.71. The van der Waals surface area contributed by atoms with Gasteiger partial charge in [-0.05, 0) is 48.1 Å². The van der Waals surface area contributed by atoms with Crippen LogP contribution in [-0.2, 0) is 0 Å². The van der Waals surface area contributed by atoms with E-state index < -0.39 is 0 Å². The summed E-state index contributed by atoms with van der Waals surface area (Å²) in [5.41, 5.74) is 0.813. The first-order chi connectivity index (χ1) is 10.9. The van der Waals surface area contributed by atoms with E-state index >= 15 is 0 Å². The van der Waals surface area contributed by atoms with Crippen LogP contribution in [0.4, 0.5) is 4.39 Å². The third-order valence-electron chi connectivity index (χ3n) is 5.17. The van der Waals surface area contributed by atoms with Gasteiger partial charge in [-0.1, -0.05) is 45.0 Å². The van der Waals surface area contributed by atoms with Gasteiger partial charge in [0.05, 0.1) is 0 Å². The first-order valence-electron chi connectivity index (χ1n) is 8.35. The summed E-state index contributed by atoms with van der Waals surface area (Å²) in [6, 6.07) is 10.3. The van der Waals surface area contributed by atoms with E-state index in [-0.39, 0.29) is 23.2 Å². The zero-order valence-electron chi connectivity index (χ0n) is 14.0. The number of hydrogen-bond acceptors (Lipinski definition) is 1. The fourth-order valence-corrected chi connectivity index (χ4v) is 3.62. The van der Waals surface area contributed by atoms with E-state index in [9.17, 15) is 9.18 Å². The first-order valence-corrected chi connectivity index (χ1v) is 8.35. The molecule has 0 spiro atoms. The molecule has 1 amide bonds. The monoisotopic (exact) mass is 313 g/mol. The predicted molar refractivity (Wildman–Crippen MR) is 92.0 cm³/mol.